The third-order valence-electron chi connectivity index (χ3n) is 3.40. The Hall–Kier alpha value is -2.55. The molecule has 0 radical (unpaired) electrons. The Morgan fingerprint density at radius 3 is 2.38 bits per heavy atom. The van der Waals surface area contributed by atoms with Crippen LogP contribution in [0.15, 0.2) is 42.5 Å². The number of carbonyl (C=O) groups is 3. The van der Waals surface area contributed by atoms with Gasteiger partial charge < -0.3 is 19.9 Å². The average molecular weight is 366 g/mol. The van der Waals surface area contributed by atoms with Crippen LogP contribution in [0.2, 0.25) is 0 Å². The van der Waals surface area contributed by atoms with E-state index in [1.807, 2.05) is 0 Å². The first-order valence-corrected chi connectivity index (χ1v) is 7.38. The minimum absolute atomic E-state index is 0. The van der Waals surface area contributed by atoms with Crippen molar-refractivity contribution in [2.75, 3.05) is 18.5 Å². The zero-order chi connectivity index (χ0) is 17.8. The molecule has 0 aromatic heterocycles. The van der Waals surface area contributed by atoms with Crippen LogP contribution in [0, 0.1) is 0 Å². The molecule has 0 saturated carbocycles. The van der Waals surface area contributed by atoms with E-state index in [0.717, 1.165) is 0 Å². The molecule has 0 fully saturated rings. The molecule has 0 bridgehead atoms. The Labute approximate surface area is 170 Å². The molecule has 0 unspecified atom stereocenters. The van der Waals surface area contributed by atoms with Crippen molar-refractivity contribution in [2.24, 2.45) is 0 Å². The van der Waals surface area contributed by atoms with Crippen LogP contribution in [0.25, 0.3) is 0 Å². The van der Waals surface area contributed by atoms with Crippen LogP contribution >= 0.6 is 0 Å². The number of imide groups is 1. The molecule has 0 aliphatic carbocycles. The Balaban J connectivity index is 0.00000243. The predicted octanol–water partition coefficient (Wildman–Crippen LogP) is 1.47. The molecular formula is C17H15N2NaO6. The zero-order valence-electron chi connectivity index (χ0n) is 12.9. The molecule has 0 spiro atoms. The van der Waals surface area contributed by atoms with Crippen molar-refractivity contribution < 1.29 is 29.0 Å². The molecule has 1 aliphatic rings. The number of anilines is 1. The fourth-order valence-electron chi connectivity index (χ4n) is 2.25. The summed E-state index contributed by atoms with van der Waals surface area (Å²) in [5.41, 5.74) is 0.516. The van der Waals surface area contributed by atoms with Crippen molar-refractivity contribution in [3.05, 3.63) is 53.6 Å². The number of urea groups is 1. The third-order valence-corrected chi connectivity index (χ3v) is 3.40. The predicted molar refractivity (Wildman–Crippen MR) is 94.5 cm³/mol. The van der Waals surface area contributed by atoms with E-state index < -0.39 is 17.9 Å². The van der Waals surface area contributed by atoms with Gasteiger partial charge in [0.05, 0.1) is 5.56 Å². The number of nitrogens with one attached hydrogen (secondary N) is 2. The monoisotopic (exact) mass is 366 g/mol. The summed E-state index contributed by atoms with van der Waals surface area (Å²) in [5, 5.41) is 13.5. The maximum absolute atomic E-state index is 12.1. The minimum atomic E-state index is -1.11. The van der Waals surface area contributed by atoms with E-state index in [9.17, 15) is 14.4 Å². The van der Waals surface area contributed by atoms with E-state index in [4.69, 9.17) is 14.6 Å². The van der Waals surface area contributed by atoms with Crippen molar-refractivity contribution >= 4 is 53.2 Å². The number of carboxylic acids is 1. The van der Waals surface area contributed by atoms with Gasteiger partial charge >= 0.3 is 41.6 Å². The first kappa shape index (κ1) is 19.8. The molecule has 1 heterocycles. The van der Waals surface area contributed by atoms with Gasteiger partial charge in [0.25, 0.3) is 5.91 Å². The van der Waals surface area contributed by atoms with Crippen LogP contribution < -0.4 is 20.1 Å². The molecule has 2 aromatic carbocycles. The van der Waals surface area contributed by atoms with Gasteiger partial charge in [0.2, 0.25) is 0 Å². The second kappa shape index (κ2) is 8.70. The van der Waals surface area contributed by atoms with Crippen LogP contribution in [0.4, 0.5) is 10.5 Å². The molecule has 3 amide bonds. The Bertz CT molecular complexity index is 855. The van der Waals surface area contributed by atoms with E-state index in [-0.39, 0.29) is 46.4 Å². The summed E-state index contributed by atoms with van der Waals surface area (Å²) >= 11 is 0. The van der Waals surface area contributed by atoms with Crippen molar-refractivity contribution in [2.45, 2.75) is 0 Å². The van der Waals surface area contributed by atoms with Crippen LogP contribution in [-0.4, -0.2) is 65.8 Å². The van der Waals surface area contributed by atoms with Crippen LogP contribution in [0.1, 0.15) is 20.7 Å². The second-order valence-electron chi connectivity index (χ2n) is 5.15. The summed E-state index contributed by atoms with van der Waals surface area (Å²) in [6.07, 6.45) is 0. The summed E-state index contributed by atoms with van der Waals surface area (Å²) in [6.45, 7) is 0.828. The van der Waals surface area contributed by atoms with Crippen LogP contribution in [0.5, 0.6) is 11.5 Å². The number of fused-ring (bicyclic) bond motifs is 1. The Morgan fingerprint density at radius 2 is 1.65 bits per heavy atom. The summed E-state index contributed by atoms with van der Waals surface area (Å²) in [6, 6.07) is 9.51. The number of ether oxygens (including phenoxy) is 2. The molecule has 130 valence electrons. The molecule has 26 heavy (non-hydrogen) atoms. The first-order chi connectivity index (χ1) is 12.0. The van der Waals surface area contributed by atoms with Crippen molar-refractivity contribution in [3.63, 3.8) is 0 Å². The van der Waals surface area contributed by atoms with Gasteiger partial charge in [0.15, 0.2) is 11.5 Å². The summed E-state index contributed by atoms with van der Waals surface area (Å²) in [7, 11) is 0. The number of rotatable bonds is 3. The molecule has 2 aromatic rings. The first-order valence-electron chi connectivity index (χ1n) is 7.38. The van der Waals surface area contributed by atoms with Gasteiger partial charge in [-0.25, -0.2) is 9.59 Å². The van der Waals surface area contributed by atoms with Gasteiger partial charge in [0.1, 0.15) is 13.2 Å². The standard InChI is InChI=1S/C17H14N2O6.Na.H/c20-15(10-4-5-13-14(9-10)25-7-6-24-13)19-17(23)18-12-3-1-2-11(8-12)16(21)22;;/h1-5,8-9H,6-7H2,(H,21,22)(H2,18,19,20,23);;. The normalized spacial score (nSPS) is 11.7. The molecule has 8 nitrogen and oxygen atoms in total. The number of carbonyl (C=O) groups excluding carboxylic acids is 2. The number of hydrogen-bond acceptors (Lipinski definition) is 5. The number of benzene rings is 2. The summed E-state index contributed by atoms with van der Waals surface area (Å²) < 4.78 is 10.8. The van der Waals surface area contributed by atoms with Crippen molar-refractivity contribution in [3.8, 4) is 11.5 Å². The summed E-state index contributed by atoms with van der Waals surface area (Å²) in [4.78, 5) is 35.0. The van der Waals surface area contributed by atoms with Gasteiger partial charge in [0, 0.05) is 11.3 Å². The SMILES string of the molecule is O=C(NC(=O)c1ccc2c(c1)OCCO2)Nc1cccc(C(=O)O)c1.[NaH]. The number of amides is 3. The van der Waals surface area contributed by atoms with Gasteiger partial charge in [-0.3, -0.25) is 10.1 Å². The fraction of sp³-hybridized carbons (Fsp3) is 0.118. The number of carboxylic acid groups (broad SMARTS) is 1. The molecule has 9 heteroatoms. The molecular weight excluding hydrogens is 351 g/mol. The van der Waals surface area contributed by atoms with E-state index >= 15 is 0 Å². The molecule has 3 N–H and O–H groups in total. The maximum atomic E-state index is 12.1. The van der Waals surface area contributed by atoms with Crippen LogP contribution in [-0.2, 0) is 0 Å². The number of aromatic carboxylic acids is 1. The second-order valence-corrected chi connectivity index (χ2v) is 5.15. The van der Waals surface area contributed by atoms with Crippen molar-refractivity contribution in [1.82, 2.24) is 5.32 Å². The van der Waals surface area contributed by atoms with Gasteiger partial charge in [-0.15, -0.1) is 0 Å². The van der Waals surface area contributed by atoms with Gasteiger partial charge in [-0.05, 0) is 36.4 Å². The fourth-order valence-corrected chi connectivity index (χ4v) is 2.25. The molecule has 0 saturated heterocycles. The summed E-state index contributed by atoms with van der Waals surface area (Å²) in [5.74, 6) is -0.758. The van der Waals surface area contributed by atoms with Gasteiger partial charge in [-0.2, -0.15) is 0 Å². The van der Waals surface area contributed by atoms with Crippen LogP contribution in [0.3, 0.4) is 0 Å². The quantitative estimate of drug-likeness (QED) is 0.709. The van der Waals surface area contributed by atoms with E-state index in [1.165, 1.54) is 36.4 Å². The van der Waals surface area contributed by atoms with Gasteiger partial charge in [-0.1, -0.05) is 6.07 Å². The number of hydrogen-bond donors (Lipinski definition) is 3. The molecule has 3 rings (SSSR count). The zero-order valence-corrected chi connectivity index (χ0v) is 12.9. The topological polar surface area (TPSA) is 114 Å². The van der Waals surface area contributed by atoms with Crippen molar-refractivity contribution in [1.29, 1.82) is 0 Å². The van der Waals surface area contributed by atoms with E-state index in [2.05, 4.69) is 10.6 Å². The average Bonchev–Trinajstić information content (AvgIpc) is 2.61. The molecule has 0 atom stereocenters. The Morgan fingerprint density at radius 1 is 0.923 bits per heavy atom. The third kappa shape index (κ3) is 4.75. The molecule has 1 aliphatic heterocycles. The van der Waals surface area contributed by atoms with E-state index in [1.54, 1.807) is 6.07 Å². The van der Waals surface area contributed by atoms with E-state index in [0.29, 0.717) is 24.7 Å². The Kier molecular flexibility index (Phi) is 6.62.